The van der Waals surface area contributed by atoms with Crippen LogP contribution in [0.2, 0.25) is 0 Å². The third kappa shape index (κ3) is 6.83. The van der Waals surface area contributed by atoms with Gasteiger partial charge in [-0.1, -0.05) is 30.2 Å². The Morgan fingerprint density at radius 3 is 2.73 bits per heavy atom. The molecule has 1 aliphatic carbocycles. The van der Waals surface area contributed by atoms with E-state index >= 15 is 0 Å². The maximum absolute atomic E-state index is 11.9. The summed E-state index contributed by atoms with van der Waals surface area (Å²) in [5.74, 6) is 1.42. The number of benzene rings is 1. The van der Waals surface area contributed by atoms with Gasteiger partial charge in [-0.25, -0.2) is 0 Å². The molecular weight excluding hydrogens is 491 g/mol. The van der Waals surface area contributed by atoms with Crippen molar-refractivity contribution in [3.05, 3.63) is 34.9 Å². The number of guanidine groups is 1. The summed E-state index contributed by atoms with van der Waals surface area (Å²) in [5, 5.41) is 6.46. The van der Waals surface area contributed by atoms with Crippen LogP contribution in [-0.2, 0) is 9.53 Å². The van der Waals surface area contributed by atoms with Crippen molar-refractivity contribution >= 4 is 35.8 Å². The summed E-state index contributed by atoms with van der Waals surface area (Å²) in [5.41, 5.74) is 3.81. The first-order valence-electron chi connectivity index (χ1n) is 11.1. The number of carbonyl (C=O) groups excluding carboxylic acids is 1. The molecule has 1 atom stereocenters. The fourth-order valence-corrected chi connectivity index (χ4v) is 3.93. The van der Waals surface area contributed by atoms with Crippen molar-refractivity contribution in [1.29, 1.82) is 0 Å². The minimum absolute atomic E-state index is 0. The molecule has 0 aromatic heterocycles. The van der Waals surface area contributed by atoms with Crippen LogP contribution in [0, 0.1) is 19.8 Å². The van der Waals surface area contributed by atoms with E-state index in [1.807, 2.05) is 0 Å². The van der Waals surface area contributed by atoms with Crippen molar-refractivity contribution < 1.29 is 9.53 Å². The van der Waals surface area contributed by atoms with Gasteiger partial charge in [-0.15, -0.1) is 24.0 Å². The number of aliphatic imine (C=N–C) groups is 1. The number of morpholine rings is 1. The van der Waals surface area contributed by atoms with Crippen LogP contribution < -0.4 is 10.6 Å². The minimum atomic E-state index is 0. The minimum Gasteiger partial charge on any atom is -0.370 e. The lowest BCUT2D eigenvalue weighted by molar-refractivity contribution is -0.127. The molecule has 30 heavy (non-hydrogen) atoms. The number of ether oxygens (including phenoxy) is 1. The second-order valence-corrected chi connectivity index (χ2v) is 8.17. The Bertz CT molecular complexity index is 721. The number of hydrogen-bond acceptors (Lipinski definition) is 3. The Kier molecular flexibility index (Phi) is 10.4. The van der Waals surface area contributed by atoms with E-state index < -0.39 is 0 Å². The maximum Gasteiger partial charge on any atom is 0.223 e. The summed E-state index contributed by atoms with van der Waals surface area (Å²) in [6, 6.07) is 6.56. The van der Waals surface area contributed by atoms with Crippen molar-refractivity contribution in [2.24, 2.45) is 10.9 Å². The maximum atomic E-state index is 11.9. The molecule has 2 fully saturated rings. The van der Waals surface area contributed by atoms with Gasteiger partial charge < -0.3 is 20.3 Å². The molecule has 0 spiro atoms. The average Bonchev–Trinajstić information content (AvgIpc) is 2.65. The number of halogens is 1. The van der Waals surface area contributed by atoms with Gasteiger partial charge in [-0.2, -0.15) is 0 Å². The Hall–Kier alpha value is -1.35. The predicted octanol–water partition coefficient (Wildman–Crippen LogP) is 3.57. The number of nitrogens with zero attached hydrogens (tertiary/aromatic N) is 2. The van der Waals surface area contributed by atoms with Crippen LogP contribution in [0.1, 0.15) is 55.4 Å². The van der Waals surface area contributed by atoms with Crippen molar-refractivity contribution in [3.63, 3.8) is 0 Å². The van der Waals surface area contributed by atoms with Crippen LogP contribution >= 0.6 is 24.0 Å². The Morgan fingerprint density at radius 2 is 2.07 bits per heavy atom. The first-order valence-corrected chi connectivity index (χ1v) is 11.1. The Labute approximate surface area is 198 Å². The highest BCUT2D eigenvalue weighted by Gasteiger charge is 2.26. The molecule has 1 unspecified atom stereocenters. The molecule has 1 aromatic carbocycles. The predicted molar refractivity (Wildman–Crippen MR) is 133 cm³/mol. The van der Waals surface area contributed by atoms with E-state index in [2.05, 4.69) is 54.5 Å². The fraction of sp³-hybridized carbons (Fsp3) is 0.652. The molecule has 7 heteroatoms. The summed E-state index contributed by atoms with van der Waals surface area (Å²) in [6.45, 7) is 10.9. The third-order valence-corrected chi connectivity index (χ3v) is 5.84. The molecule has 1 aliphatic heterocycles. The molecule has 1 saturated heterocycles. The van der Waals surface area contributed by atoms with E-state index in [0.717, 1.165) is 44.9 Å². The van der Waals surface area contributed by atoms with E-state index in [9.17, 15) is 4.79 Å². The molecule has 3 rings (SSSR count). The van der Waals surface area contributed by atoms with Gasteiger partial charge in [-0.05, 0) is 51.2 Å². The summed E-state index contributed by atoms with van der Waals surface area (Å²) < 4.78 is 6.08. The van der Waals surface area contributed by atoms with E-state index in [-0.39, 0.29) is 41.9 Å². The van der Waals surface area contributed by atoms with Crippen LogP contribution in [0.25, 0.3) is 0 Å². The smallest absolute Gasteiger partial charge is 0.223 e. The topological polar surface area (TPSA) is 66.0 Å². The van der Waals surface area contributed by atoms with Crippen LogP contribution in [0.3, 0.4) is 0 Å². The van der Waals surface area contributed by atoms with E-state index in [1.54, 1.807) is 0 Å². The van der Waals surface area contributed by atoms with Gasteiger partial charge in [0, 0.05) is 32.1 Å². The number of hydrogen-bond donors (Lipinski definition) is 2. The van der Waals surface area contributed by atoms with Crippen LogP contribution in [0.4, 0.5) is 0 Å². The lowest BCUT2D eigenvalue weighted by Crippen LogP contribution is -2.48. The van der Waals surface area contributed by atoms with Gasteiger partial charge in [0.25, 0.3) is 0 Å². The molecule has 1 saturated carbocycles. The summed E-state index contributed by atoms with van der Waals surface area (Å²) in [7, 11) is 0. The first-order chi connectivity index (χ1) is 14.1. The molecule has 1 aromatic rings. The van der Waals surface area contributed by atoms with Gasteiger partial charge in [0.05, 0.1) is 13.2 Å². The summed E-state index contributed by atoms with van der Waals surface area (Å²) >= 11 is 0. The first kappa shape index (κ1) is 24.9. The van der Waals surface area contributed by atoms with Crippen molar-refractivity contribution in [2.45, 2.75) is 52.6 Å². The zero-order valence-corrected chi connectivity index (χ0v) is 20.9. The Balaban J connectivity index is 0.00000320. The van der Waals surface area contributed by atoms with E-state index in [1.165, 1.54) is 23.1 Å². The molecule has 1 amide bonds. The van der Waals surface area contributed by atoms with Gasteiger partial charge >= 0.3 is 0 Å². The van der Waals surface area contributed by atoms with Crippen molar-refractivity contribution in [3.8, 4) is 0 Å². The molecule has 0 radical (unpaired) electrons. The van der Waals surface area contributed by atoms with Crippen LogP contribution in [-0.4, -0.2) is 56.1 Å². The fourth-order valence-electron chi connectivity index (χ4n) is 3.93. The molecule has 0 bridgehead atoms. The Morgan fingerprint density at radius 1 is 1.27 bits per heavy atom. The number of rotatable bonds is 7. The van der Waals surface area contributed by atoms with Gasteiger partial charge in [0.2, 0.25) is 5.91 Å². The highest BCUT2D eigenvalue weighted by molar-refractivity contribution is 14.0. The largest absolute Gasteiger partial charge is 0.370 e. The number of amides is 1. The molecule has 2 aliphatic rings. The molecule has 1 heterocycles. The van der Waals surface area contributed by atoms with Crippen LogP contribution in [0.5, 0.6) is 0 Å². The van der Waals surface area contributed by atoms with Gasteiger partial charge in [0.15, 0.2) is 5.96 Å². The standard InChI is InChI=1S/C23H36N4O2.HI/c1-4-24-23(26-12-6-11-25-22(28)19-7-5-8-19)27-13-14-29-21(16-27)20-10-9-17(2)15-18(20)3;/h9-10,15,19,21H,4-8,11-14,16H2,1-3H3,(H,24,26)(H,25,28);1H. The quantitative estimate of drug-likeness (QED) is 0.246. The molecule has 168 valence electrons. The summed E-state index contributed by atoms with van der Waals surface area (Å²) in [4.78, 5) is 19.0. The second kappa shape index (κ2) is 12.5. The zero-order chi connectivity index (χ0) is 20.6. The van der Waals surface area contributed by atoms with E-state index in [4.69, 9.17) is 9.73 Å². The van der Waals surface area contributed by atoms with Gasteiger partial charge in [0.1, 0.15) is 6.10 Å². The lowest BCUT2D eigenvalue weighted by Gasteiger charge is -2.36. The average molecular weight is 528 g/mol. The van der Waals surface area contributed by atoms with Gasteiger partial charge in [-0.3, -0.25) is 9.79 Å². The van der Waals surface area contributed by atoms with Crippen LogP contribution in [0.15, 0.2) is 23.2 Å². The van der Waals surface area contributed by atoms with E-state index in [0.29, 0.717) is 19.7 Å². The highest BCUT2D eigenvalue weighted by atomic mass is 127. The number of carbonyl (C=O) groups is 1. The molecule has 2 N–H and O–H groups in total. The number of aryl methyl sites for hydroxylation is 2. The lowest BCUT2D eigenvalue weighted by atomic mass is 9.85. The second-order valence-electron chi connectivity index (χ2n) is 8.17. The molecule has 6 nitrogen and oxygen atoms in total. The normalized spacial score (nSPS) is 19.6. The number of nitrogens with one attached hydrogen (secondary N) is 2. The monoisotopic (exact) mass is 528 g/mol. The third-order valence-electron chi connectivity index (χ3n) is 5.84. The van der Waals surface area contributed by atoms with Crippen molar-refractivity contribution in [2.75, 3.05) is 39.3 Å². The SMILES string of the molecule is CCNC(=NCCCNC(=O)C1CCC1)N1CCOC(c2ccc(C)cc2C)C1.I. The summed E-state index contributed by atoms with van der Waals surface area (Å²) in [6.07, 6.45) is 4.21. The highest BCUT2D eigenvalue weighted by Crippen LogP contribution is 2.26. The zero-order valence-electron chi connectivity index (χ0n) is 18.6. The van der Waals surface area contributed by atoms with Crippen molar-refractivity contribution in [1.82, 2.24) is 15.5 Å². The molecular formula is C23H37IN4O2.